The number of hydrogen-bond donors (Lipinski definition) is 1. The molecule has 2 saturated heterocycles. The summed E-state index contributed by atoms with van der Waals surface area (Å²) in [4.78, 5) is 7.46. The molecule has 0 unspecified atom stereocenters. The second kappa shape index (κ2) is 7.71. The van der Waals surface area contributed by atoms with Gasteiger partial charge in [0.25, 0.3) is 0 Å². The second-order valence-electron chi connectivity index (χ2n) is 8.82. The van der Waals surface area contributed by atoms with Crippen molar-refractivity contribution in [2.75, 3.05) is 31.2 Å². The van der Waals surface area contributed by atoms with Crippen molar-refractivity contribution in [3.63, 3.8) is 0 Å². The highest BCUT2D eigenvalue weighted by molar-refractivity contribution is 5.46. The zero-order valence-electron chi connectivity index (χ0n) is 17.1. The average molecular weight is 394 g/mol. The van der Waals surface area contributed by atoms with Gasteiger partial charge in [-0.3, -0.25) is 0 Å². The number of aromatic nitrogens is 1. The van der Waals surface area contributed by atoms with Crippen LogP contribution in [-0.2, 0) is 21.4 Å². The fraction of sp³-hybridized carbons (Fsp3) is 0.542. The number of pyridine rings is 1. The monoisotopic (exact) mass is 393 g/mol. The molecule has 5 nitrogen and oxygen atoms in total. The molecule has 2 aliphatic heterocycles. The number of nitrogens with two attached hydrogens (primary N) is 1. The van der Waals surface area contributed by atoms with Crippen molar-refractivity contribution >= 4 is 5.82 Å². The van der Waals surface area contributed by atoms with Crippen LogP contribution in [0.3, 0.4) is 0 Å². The lowest BCUT2D eigenvalue weighted by atomic mass is 9.76. The van der Waals surface area contributed by atoms with E-state index < -0.39 is 5.79 Å². The lowest BCUT2D eigenvalue weighted by molar-refractivity contribution is -0.137. The number of hydrogen-bond acceptors (Lipinski definition) is 5. The summed E-state index contributed by atoms with van der Waals surface area (Å²) in [6, 6.07) is 15.0. The molecule has 0 atom stereocenters. The van der Waals surface area contributed by atoms with Gasteiger partial charge in [0.15, 0.2) is 5.79 Å². The van der Waals surface area contributed by atoms with Gasteiger partial charge in [-0.15, -0.1) is 0 Å². The number of rotatable bonds is 4. The van der Waals surface area contributed by atoms with Crippen LogP contribution in [0.25, 0.3) is 0 Å². The first-order valence-corrected chi connectivity index (χ1v) is 11.0. The third-order valence-corrected chi connectivity index (χ3v) is 6.79. The van der Waals surface area contributed by atoms with E-state index >= 15 is 0 Å². The van der Waals surface area contributed by atoms with Crippen LogP contribution in [0.1, 0.15) is 55.3 Å². The predicted molar refractivity (Wildman–Crippen MR) is 114 cm³/mol. The third kappa shape index (κ3) is 3.79. The molecular weight excluding hydrogens is 362 g/mol. The standard InChI is InChI=1S/C24H31N3O2/c25-23(11-5-2-6-12-23)20-9-10-22(26-21(20)17-19-7-3-1-4-8-19)27-14-13-24(18-27)28-15-16-29-24/h1,3-4,7-10H,2,5-6,11-18,25H2. The van der Waals surface area contributed by atoms with E-state index in [1.165, 1.54) is 30.4 Å². The number of benzene rings is 1. The Morgan fingerprint density at radius 1 is 0.931 bits per heavy atom. The van der Waals surface area contributed by atoms with Crippen molar-refractivity contribution in [1.82, 2.24) is 4.98 Å². The van der Waals surface area contributed by atoms with Crippen molar-refractivity contribution < 1.29 is 9.47 Å². The van der Waals surface area contributed by atoms with E-state index in [-0.39, 0.29) is 5.54 Å². The van der Waals surface area contributed by atoms with Gasteiger partial charge in [0.1, 0.15) is 5.82 Å². The quantitative estimate of drug-likeness (QED) is 0.857. The molecule has 1 aliphatic carbocycles. The summed E-state index contributed by atoms with van der Waals surface area (Å²) in [6.45, 7) is 3.03. The van der Waals surface area contributed by atoms with E-state index in [2.05, 4.69) is 47.4 Å². The van der Waals surface area contributed by atoms with Gasteiger partial charge >= 0.3 is 0 Å². The van der Waals surface area contributed by atoms with Crippen molar-refractivity contribution in [3.05, 3.63) is 59.3 Å². The number of ether oxygens (including phenoxy) is 2. The summed E-state index contributed by atoms with van der Waals surface area (Å²) < 4.78 is 11.8. The molecule has 5 rings (SSSR count). The second-order valence-corrected chi connectivity index (χ2v) is 8.82. The molecule has 1 aromatic carbocycles. The van der Waals surface area contributed by atoms with Crippen LogP contribution in [-0.4, -0.2) is 37.1 Å². The van der Waals surface area contributed by atoms with Crippen LogP contribution in [0.5, 0.6) is 0 Å². The SMILES string of the molecule is NC1(c2ccc(N3CCC4(C3)OCCO4)nc2Cc2ccccc2)CCCCC1. The molecule has 2 N–H and O–H groups in total. The molecule has 1 aromatic heterocycles. The summed E-state index contributed by atoms with van der Waals surface area (Å²) in [5.41, 5.74) is 10.3. The molecular formula is C24H31N3O2. The smallest absolute Gasteiger partial charge is 0.187 e. The topological polar surface area (TPSA) is 60.6 Å². The van der Waals surface area contributed by atoms with Crippen molar-refractivity contribution in [2.45, 2.75) is 56.3 Å². The zero-order chi connectivity index (χ0) is 19.7. The van der Waals surface area contributed by atoms with Gasteiger partial charge in [-0.1, -0.05) is 55.7 Å². The predicted octanol–water partition coefficient (Wildman–Crippen LogP) is 3.74. The molecule has 1 spiro atoms. The molecule has 3 aliphatic rings. The highest BCUT2D eigenvalue weighted by Gasteiger charge is 2.44. The van der Waals surface area contributed by atoms with Crippen LogP contribution >= 0.6 is 0 Å². The molecule has 154 valence electrons. The Morgan fingerprint density at radius 3 is 2.45 bits per heavy atom. The first kappa shape index (κ1) is 19.0. The molecule has 5 heteroatoms. The van der Waals surface area contributed by atoms with Crippen LogP contribution in [0.4, 0.5) is 5.82 Å². The van der Waals surface area contributed by atoms with E-state index in [1.807, 2.05) is 0 Å². The summed E-state index contributed by atoms with van der Waals surface area (Å²) in [5, 5.41) is 0. The highest BCUT2D eigenvalue weighted by atomic mass is 16.7. The number of nitrogens with zero attached hydrogens (tertiary/aromatic N) is 2. The lowest BCUT2D eigenvalue weighted by Gasteiger charge is -2.35. The van der Waals surface area contributed by atoms with Crippen molar-refractivity contribution in [2.24, 2.45) is 5.73 Å². The first-order chi connectivity index (χ1) is 14.2. The van der Waals surface area contributed by atoms with Crippen LogP contribution in [0.2, 0.25) is 0 Å². The Balaban J connectivity index is 1.47. The summed E-state index contributed by atoms with van der Waals surface area (Å²) in [7, 11) is 0. The fourth-order valence-electron chi connectivity index (χ4n) is 5.18. The third-order valence-electron chi connectivity index (χ3n) is 6.79. The molecule has 0 radical (unpaired) electrons. The molecule has 2 aromatic rings. The van der Waals surface area contributed by atoms with Gasteiger partial charge in [0.05, 0.1) is 25.5 Å². The summed E-state index contributed by atoms with van der Waals surface area (Å²) >= 11 is 0. The summed E-state index contributed by atoms with van der Waals surface area (Å²) in [5.74, 6) is 0.577. The normalized spacial score (nSPS) is 23.0. The Morgan fingerprint density at radius 2 is 1.69 bits per heavy atom. The minimum Gasteiger partial charge on any atom is -0.351 e. The van der Waals surface area contributed by atoms with Crippen LogP contribution < -0.4 is 10.6 Å². The molecule has 3 heterocycles. The highest BCUT2D eigenvalue weighted by Crippen LogP contribution is 2.38. The van der Waals surface area contributed by atoms with E-state index in [9.17, 15) is 0 Å². The van der Waals surface area contributed by atoms with Crippen molar-refractivity contribution in [1.29, 1.82) is 0 Å². The van der Waals surface area contributed by atoms with Crippen LogP contribution in [0.15, 0.2) is 42.5 Å². The maximum absolute atomic E-state index is 6.94. The first-order valence-electron chi connectivity index (χ1n) is 11.0. The average Bonchev–Trinajstić information content (AvgIpc) is 3.39. The Kier molecular flexibility index (Phi) is 5.06. The van der Waals surface area contributed by atoms with Gasteiger partial charge in [0, 0.05) is 24.9 Å². The molecule has 3 fully saturated rings. The van der Waals surface area contributed by atoms with E-state index in [1.54, 1.807) is 0 Å². The lowest BCUT2D eigenvalue weighted by Crippen LogP contribution is -2.40. The zero-order valence-corrected chi connectivity index (χ0v) is 17.1. The van der Waals surface area contributed by atoms with E-state index in [0.29, 0.717) is 13.2 Å². The maximum atomic E-state index is 6.94. The Hall–Kier alpha value is -1.95. The van der Waals surface area contributed by atoms with Gasteiger partial charge < -0.3 is 20.1 Å². The van der Waals surface area contributed by atoms with Crippen molar-refractivity contribution in [3.8, 4) is 0 Å². The van der Waals surface area contributed by atoms with E-state index in [4.69, 9.17) is 20.2 Å². The van der Waals surface area contributed by atoms with E-state index in [0.717, 1.165) is 50.3 Å². The molecule has 1 saturated carbocycles. The molecule has 29 heavy (non-hydrogen) atoms. The maximum Gasteiger partial charge on any atom is 0.187 e. The molecule has 0 amide bonds. The minimum absolute atomic E-state index is 0.252. The fourth-order valence-corrected chi connectivity index (χ4v) is 5.18. The van der Waals surface area contributed by atoms with Gasteiger partial charge in [-0.2, -0.15) is 0 Å². The Bertz CT molecular complexity index is 842. The summed E-state index contributed by atoms with van der Waals surface area (Å²) in [6.07, 6.45) is 7.49. The van der Waals surface area contributed by atoms with Gasteiger partial charge in [-0.05, 0) is 30.0 Å². The minimum atomic E-state index is -0.432. The molecule has 0 bridgehead atoms. The van der Waals surface area contributed by atoms with Gasteiger partial charge in [-0.25, -0.2) is 4.98 Å². The van der Waals surface area contributed by atoms with Crippen LogP contribution in [0, 0.1) is 0 Å². The largest absolute Gasteiger partial charge is 0.351 e. The number of anilines is 1. The Labute approximate surface area is 173 Å². The van der Waals surface area contributed by atoms with Gasteiger partial charge in [0.2, 0.25) is 0 Å².